The second-order valence-corrected chi connectivity index (χ2v) is 5.78. The van der Waals surface area contributed by atoms with E-state index in [0.717, 1.165) is 29.6 Å². The first kappa shape index (κ1) is 13.6. The van der Waals surface area contributed by atoms with E-state index in [9.17, 15) is 0 Å². The second-order valence-electron chi connectivity index (χ2n) is 5.78. The third kappa shape index (κ3) is 2.47. The van der Waals surface area contributed by atoms with Crippen LogP contribution in [0, 0.1) is 35.5 Å². The van der Waals surface area contributed by atoms with E-state index in [0.29, 0.717) is 0 Å². The zero-order valence-electron chi connectivity index (χ0n) is 10.3. The number of hydrogen-bond donors (Lipinski definition) is 1. The molecule has 1 aliphatic carbocycles. The van der Waals surface area contributed by atoms with Crippen LogP contribution in [0.3, 0.4) is 0 Å². The topological polar surface area (TPSA) is 12.0 Å². The zero-order chi connectivity index (χ0) is 10.3. The summed E-state index contributed by atoms with van der Waals surface area (Å²) in [6.07, 6.45) is 1.45. The van der Waals surface area contributed by atoms with Crippen molar-refractivity contribution in [3.05, 3.63) is 5.92 Å². The number of hydrogen-bond acceptors (Lipinski definition) is 1. The summed E-state index contributed by atoms with van der Waals surface area (Å²) in [6.45, 7) is 12.1. The molecule has 15 heavy (non-hydrogen) atoms. The molecule has 4 atom stereocenters. The van der Waals surface area contributed by atoms with Crippen LogP contribution in [0.25, 0.3) is 0 Å². The van der Waals surface area contributed by atoms with E-state index in [1.807, 2.05) is 0 Å². The molecule has 0 aromatic rings. The summed E-state index contributed by atoms with van der Waals surface area (Å²) in [5.74, 6) is 6.21. The normalized spacial score (nSPS) is 45.0. The Labute approximate surface area is 108 Å². The Kier molecular flexibility index (Phi) is 4.80. The van der Waals surface area contributed by atoms with Gasteiger partial charge in [0.1, 0.15) is 0 Å². The van der Waals surface area contributed by atoms with Crippen molar-refractivity contribution in [2.75, 3.05) is 13.1 Å². The van der Waals surface area contributed by atoms with Crippen molar-refractivity contribution >= 4 is 0 Å². The summed E-state index contributed by atoms with van der Waals surface area (Å²) in [5.41, 5.74) is 0. The van der Waals surface area contributed by atoms with E-state index in [2.05, 4.69) is 33.0 Å². The van der Waals surface area contributed by atoms with Gasteiger partial charge in [0.05, 0.1) is 0 Å². The van der Waals surface area contributed by atoms with Gasteiger partial charge in [-0.1, -0.05) is 25.7 Å². The summed E-state index contributed by atoms with van der Waals surface area (Å²) in [7, 11) is 0. The summed E-state index contributed by atoms with van der Waals surface area (Å²) in [4.78, 5) is 0. The zero-order valence-corrected chi connectivity index (χ0v) is 12.0. The van der Waals surface area contributed by atoms with Crippen LogP contribution in [-0.2, 0) is 19.5 Å². The molecule has 2 heteroatoms. The summed E-state index contributed by atoms with van der Waals surface area (Å²) in [5, 5.41) is 3.62. The Morgan fingerprint density at radius 3 is 1.87 bits per heavy atom. The summed E-state index contributed by atoms with van der Waals surface area (Å²) < 4.78 is 0. The van der Waals surface area contributed by atoms with Crippen LogP contribution in [0.4, 0.5) is 0 Å². The van der Waals surface area contributed by atoms with Crippen LogP contribution < -0.4 is 5.32 Å². The van der Waals surface area contributed by atoms with E-state index in [4.69, 9.17) is 0 Å². The number of piperidine rings is 1. The smallest absolute Gasteiger partial charge is 0 e. The molecule has 1 aliphatic heterocycles. The molecule has 91 valence electrons. The van der Waals surface area contributed by atoms with Gasteiger partial charge in [0.2, 0.25) is 0 Å². The van der Waals surface area contributed by atoms with E-state index in [1.165, 1.54) is 19.5 Å². The van der Waals surface area contributed by atoms with Gasteiger partial charge in [-0.05, 0) is 31.3 Å². The minimum absolute atomic E-state index is 0. The van der Waals surface area contributed by atoms with Gasteiger partial charge in [0.15, 0.2) is 0 Å². The van der Waals surface area contributed by atoms with Crippen molar-refractivity contribution in [3.8, 4) is 0 Å². The average Bonchev–Trinajstić information content (AvgIpc) is 2.14. The Morgan fingerprint density at radius 2 is 1.47 bits per heavy atom. The minimum atomic E-state index is 0. The molecule has 1 saturated heterocycles. The average molecular weight is 297 g/mol. The molecule has 1 heterocycles. The van der Waals surface area contributed by atoms with Crippen LogP contribution in [0.1, 0.15) is 34.1 Å². The van der Waals surface area contributed by atoms with Gasteiger partial charge in [-0.2, -0.15) is 19.8 Å². The molecule has 4 unspecified atom stereocenters. The first-order chi connectivity index (χ1) is 6.61. The van der Waals surface area contributed by atoms with E-state index in [-0.39, 0.29) is 19.5 Å². The van der Waals surface area contributed by atoms with Gasteiger partial charge in [0, 0.05) is 19.5 Å². The molecule has 0 aromatic carbocycles. The van der Waals surface area contributed by atoms with Gasteiger partial charge in [-0.3, -0.25) is 0 Å². The molecule has 2 aliphatic rings. The van der Waals surface area contributed by atoms with Gasteiger partial charge in [-0.15, -0.1) is 0 Å². The number of fused-ring (bicyclic) bond motifs is 2. The Balaban J connectivity index is 0.00000112. The van der Waals surface area contributed by atoms with Crippen molar-refractivity contribution in [1.82, 2.24) is 5.32 Å². The molecule has 0 aromatic heterocycles. The van der Waals surface area contributed by atoms with Crippen LogP contribution >= 0.6 is 0 Å². The maximum atomic E-state index is 3.62. The third-order valence-corrected chi connectivity index (χ3v) is 4.55. The molecule has 1 N–H and O–H groups in total. The second kappa shape index (κ2) is 5.28. The van der Waals surface area contributed by atoms with E-state index < -0.39 is 0 Å². The Morgan fingerprint density at radius 1 is 1.00 bits per heavy atom. The van der Waals surface area contributed by atoms with E-state index >= 15 is 0 Å². The number of nitrogens with one attached hydrogen (secondary N) is 1. The van der Waals surface area contributed by atoms with Crippen molar-refractivity contribution in [2.45, 2.75) is 34.1 Å². The minimum Gasteiger partial charge on any atom is -0.316 e. The first-order valence-corrected chi connectivity index (χ1v) is 6.12. The fourth-order valence-electron chi connectivity index (χ4n) is 3.89. The molecule has 1 nitrogen and oxygen atoms in total. The maximum absolute atomic E-state index is 3.62. The Hall–Kier alpha value is 0.583. The maximum Gasteiger partial charge on any atom is 0 e. The molecule has 0 amide bonds. The van der Waals surface area contributed by atoms with Crippen LogP contribution in [0.2, 0.25) is 0 Å². The van der Waals surface area contributed by atoms with Crippen LogP contribution in [-0.4, -0.2) is 13.1 Å². The standard InChI is InChI=1S/C13H24N.Rh/c1-8(2)13-11-6-14-7-12(13)10(4)5-9(11)3;/h9-14H,5-7H2,1-4H3;/q-1;. The first-order valence-electron chi connectivity index (χ1n) is 6.12. The van der Waals surface area contributed by atoms with Crippen LogP contribution in [0.5, 0.6) is 0 Å². The van der Waals surface area contributed by atoms with Gasteiger partial charge in [0.25, 0.3) is 0 Å². The quantitative estimate of drug-likeness (QED) is 0.580. The molecule has 1 radical (unpaired) electrons. The third-order valence-electron chi connectivity index (χ3n) is 4.55. The molecule has 1 saturated carbocycles. The van der Waals surface area contributed by atoms with Gasteiger partial charge < -0.3 is 11.2 Å². The van der Waals surface area contributed by atoms with Crippen molar-refractivity contribution in [2.24, 2.45) is 29.6 Å². The molecular formula is C13H24NRh-. The van der Waals surface area contributed by atoms with Crippen LogP contribution in [0.15, 0.2) is 0 Å². The SMILES string of the molecule is C[C-](C)C1C2CNCC1C(C)CC2C.[Rh]. The molecular weight excluding hydrogens is 273 g/mol. The monoisotopic (exact) mass is 297 g/mol. The van der Waals surface area contributed by atoms with Gasteiger partial charge in [-0.25, -0.2) is 0 Å². The fourth-order valence-corrected chi connectivity index (χ4v) is 3.89. The Bertz CT molecular complexity index is 189. The molecule has 0 spiro atoms. The van der Waals surface area contributed by atoms with Crippen molar-refractivity contribution in [1.29, 1.82) is 0 Å². The summed E-state index contributed by atoms with van der Waals surface area (Å²) in [6, 6.07) is 0. The molecule has 2 bridgehead atoms. The van der Waals surface area contributed by atoms with Gasteiger partial charge >= 0.3 is 0 Å². The number of rotatable bonds is 1. The van der Waals surface area contributed by atoms with Crippen molar-refractivity contribution in [3.63, 3.8) is 0 Å². The molecule has 2 fully saturated rings. The molecule has 2 rings (SSSR count). The predicted octanol–water partition coefficient (Wildman–Crippen LogP) is 2.73. The van der Waals surface area contributed by atoms with E-state index in [1.54, 1.807) is 5.92 Å². The van der Waals surface area contributed by atoms with Crippen molar-refractivity contribution < 1.29 is 19.5 Å². The largest absolute Gasteiger partial charge is 0.316 e. The predicted molar refractivity (Wildman–Crippen MR) is 60.9 cm³/mol. The fraction of sp³-hybridized carbons (Fsp3) is 0.923. The summed E-state index contributed by atoms with van der Waals surface area (Å²) >= 11 is 0.